The highest BCUT2D eigenvalue weighted by Gasteiger charge is 2.27. The van der Waals surface area contributed by atoms with Crippen LogP contribution in [0.4, 0.5) is 0 Å². The van der Waals surface area contributed by atoms with Crippen LogP contribution >= 0.6 is 0 Å². The largest absolute Gasteiger partial charge is 0.507 e. The molecule has 18 heavy (non-hydrogen) atoms. The zero-order valence-corrected chi connectivity index (χ0v) is 11.7. The number of phenols is 1. The molecule has 1 aromatic carbocycles. The third-order valence-corrected chi connectivity index (χ3v) is 3.89. The Morgan fingerprint density at radius 3 is 2.28 bits per heavy atom. The molecular weight excluding hydrogens is 226 g/mol. The number of rotatable bonds is 5. The van der Waals surface area contributed by atoms with Crippen molar-refractivity contribution in [3.63, 3.8) is 0 Å². The molecule has 1 amide bonds. The molecule has 0 aliphatic rings. The van der Waals surface area contributed by atoms with Crippen LogP contribution in [0.25, 0.3) is 0 Å². The van der Waals surface area contributed by atoms with E-state index in [1.807, 2.05) is 0 Å². The van der Waals surface area contributed by atoms with Crippen molar-refractivity contribution < 1.29 is 9.90 Å². The molecule has 0 atom stereocenters. The van der Waals surface area contributed by atoms with Crippen molar-refractivity contribution in [3.05, 3.63) is 29.3 Å². The summed E-state index contributed by atoms with van der Waals surface area (Å²) in [6.45, 7) is 8.01. The van der Waals surface area contributed by atoms with Gasteiger partial charge in [0.2, 0.25) is 0 Å². The van der Waals surface area contributed by atoms with Gasteiger partial charge in [0.05, 0.1) is 5.56 Å². The minimum Gasteiger partial charge on any atom is -0.507 e. The SMILES string of the molecule is CCC(CC)(CC)NC(=O)c1cccc(C)c1O. The van der Waals surface area contributed by atoms with E-state index >= 15 is 0 Å². The van der Waals surface area contributed by atoms with Crippen molar-refractivity contribution >= 4 is 5.91 Å². The smallest absolute Gasteiger partial charge is 0.255 e. The molecule has 0 radical (unpaired) electrons. The second-order valence-corrected chi connectivity index (χ2v) is 4.77. The number of nitrogens with one attached hydrogen (secondary N) is 1. The number of hydrogen-bond donors (Lipinski definition) is 2. The van der Waals surface area contributed by atoms with E-state index in [2.05, 4.69) is 26.1 Å². The Labute approximate surface area is 109 Å². The summed E-state index contributed by atoms with van der Waals surface area (Å²) in [5.41, 5.74) is 0.903. The van der Waals surface area contributed by atoms with E-state index in [1.165, 1.54) is 0 Å². The fourth-order valence-corrected chi connectivity index (χ4v) is 2.17. The molecule has 3 heteroatoms. The van der Waals surface area contributed by atoms with Crippen LogP contribution in [0.1, 0.15) is 56.0 Å². The molecule has 2 N–H and O–H groups in total. The van der Waals surface area contributed by atoms with Crippen molar-refractivity contribution in [2.24, 2.45) is 0 Å². The molecule has 0 bridgehead atoms. The molecule has 1 aromatic rings. The second kappa shape index (κ2) is 5.89. The lowest BCUT2D eigenvalue weighted by atomic mass is 9.89. The topological polar surface area (TPSA) is 49.3 Å². The maximum atomic E-state index is 12.2. The molecule has 0 saturated heterocycles. The first-order valence-corrected chi connectivity index (χ1v) is 6.60. The van der Waals surface area contributed by atoms with Gasteiger partial charge < -0.3 is 10.4 Å². The first-order valence-electron chi connectivity index (χ1n) is 6.60. The summed E-state index contributed by atoms with van der Waals surface area (Å²) < 4.78 is 0. The number of carbonyl (C=O) groups excluding carboxylic acids is 1. The van der Waals surface area contributed by atoms with Gasteiger partial charge in [-0.15, -0.1) is 0 Å². The Morgan fingerprint density at radius 2 is 1.78 bits per heavy atom. The lowest BCUT2D eigenvalue weighted by molar-refractivity contribution is 0.0885. The quantitative estimate of drug-likeness (QED) is 0.840. The number of hydrogen-bond acceptors (Lipinski definition) is 2. The first kappa shape index (κ1) is 14.6. The second-order valence-electron chi connectivity index (χ2n) is 4.77. The Bertz CT molecular complexity index is 414. The molecule has 0 spiro atoms. The fourth-order valence-electron chi connectivity index (χ4n) is 2.17. The van der Waals surface area contributed by atoms with Crippen molar-refractivity contribution in [1.82, 2.24) is 5.32 Å². The normalized spacial score (nSPS) is 11.3. The predicted octanol–water partition coefficient (Wildman–Crippen LogP) is 3.40. The van der Waals surface area contributed by atoms with Crippen LogP contribution in [0.3, 0.4) is 0 Å². The van der Waals surface area contributed by atoms with Gasteiger partial charge >= 0.3 is 0 Å². The Hall–Kier alpha value is -1.51. The molecule has 0 fully saturated rings. The van der Waals surface area contributed by atoms with Gasteiger partial charge in [0, 0.05) is 5.54 Å². The van der Waals surface area contributed by atoms with Gasteiger partial charge in [0.25, 0.3) is 5.91 Å². The fraction of sp³-hybridized carbons (Fsp3) is 0.533. The van der Waals surface area contributed by atoms with Gasteiger partial charge in [-0.3, -0.25) is 4.79 Å². The summed E-state index contributed by atoms with van der Waals surface area (Å²) in [4.78, 5) is 12.2. The van der Waals surface area contributed by atoms with Crippen molar-refractivity contribution in [3.8, 4) is 5.75 Å². The number of amides is 1. The monoisotopic (exact) mass is 249 g/mol. The van der Waals surface area contributed by atoms with Gasteiger partial charge in [0.15, 0.2) is 0 Å². The Balaban J connectivity index is 2.98. The highest BCUT2D eigenvalue weighted by molar-refractivity contribution is 5.97. The number of aromatic hydroxyl groups is 1. The average molecular weight is 249 g/mol. The van der Waals surface area contributed by atoms with Gasteiger partial charge in [-0.1, -0.05) is 32.9 Å². The molecule has 0 aliphatic carbocycles. The van der Waals surface area contributed by atoms with Gasteiger partial charge in [0.1, 0.15) is 5.75 Å². The number of benzene rings is 1. The molecule has 0 unspecified atom stereocenters. The third kappa shape index (κ3) is 2.84. The summed E-state index contributed by atoms with van der Waals surface area (Å²) in [7, 11) is 0. The van der Waals surface area contributed by atoms with Gasteiger partial charge in [-0.05, 0) is 37.8 Å². The van der Waals surface area contributed by atoms with Crippen LogP contribution < -0.4 is 5.32 Å². The molecule has 1 rings (SSSR count). The zero-order valence-electron chi connectivity index (χ0n) is 11.7. The summed E-state index contributed by atoms with van der Waals surface area (Å²) in [5, 5.41) is 13.0. The van der Waals surface area contributed by atoms with E-state index in [9.17, 15) is 9.90 Å². The van der Waals surface area contributed by atoms with Crippen LogP contribution in [0.15, 0.2) is 18.2 Å². The first-order chi connectivity index (χ1) is 8.49. The summed E-state index contributed by atoms with van der Waals surface area (Å²) >= 11 is 0. The molecule has 100 valence electrons. The molecular formula is C15H23NO2. The van der Waals surface area contributed by atoms with Crippen LogP contribution in [0.2, 0.25) is 0 Å². The average Bonchev–Trinajstić information content (AvgIpc) is 2.39. The van der Waals surface area contributed by atoms with E-state index in [1.54, 1.807) is 25.1 Å². The van der Waals surface area contributed by atoms with E-state index in [4.69, 9.17) is 0 Å². The number of carbonyl (C=O) groups is 1. The number of aryl methyl sites for hydroxylation is 1. The molecule has 0 heterocycles. The Morgan fingerprint density at radius 1 is 1.22 bits per heavy atom. The van der Waals surface area contributed by atoms with E-state index in [0.29, 0.717) is 5.56 Å². The van der Waals surface area contributed by atoms with Crippen molar-refractivity contribution in [1.29, 1.82) is 0 Å². The van der Waals surface area contributed by atoms with Crippen LogP contribution in [-0.4, -0.2) is 16.6 Å². The van der Waals surface area contributed by atoms with E-state index < -0.39 is 0 Å². The molecule has 3 nitrogen and oxygen atoms in total. The van der Waals surface area contributed by atoms with Crippen LogP contribution in [-0.2, 0) is 0 Å². The highest BCUT2D eigenvalue weighted by atomic mass is 16.3. The van der Waals surface area contributed by atoms with Gasteiger partial charge in [-0.25, -0.2) is 0 Å². The van der Waals surface area contributed by atoms with Gasteiger partial charge in [-0.2, -0.15) is 0 Å². The lowest BCUT2D eigenvalue weighted by Crippen LogP contribution is -2.47. The maximum Gasteiger partial charge on any atom is 0.255 e. The standard InChI is InChI=1S/C15H23NO2/c1-5-15(6-2,7-3)16-14(18)12-10-8-9-11(4)13(12)17/h8-10,17H,5-7H2,1-4H3,(H,16,18). The predicted molar refractivity (Wildman–Crippen MR) is 73.9 cm³/mol. The molecule has 0 aromatic heterocycles. The Kier molecular flexibility index (Phi) is 4.76. The summed E-state index contributed by atoms with van der Waals surface area (Å²) in [6, 6.07) is 5.23. The van der Waals surface area contributed by atoms with Crippen molar-refractivity contribution in [2.75, 3.05) is 0 Å². The summed E-state index contributed by atoms with van der Waals surface area (Å²) in [5.74, 6) is -0.117. The van der Waals surface area contributed by atoms with E-state index in [0.717, 1.165) is 24.8 Å². The minimum atomic E-state index is -0.193. The number of para-hydroxylation sites is 1. The summed E-state index contributed by atoms with van der Waals surface area (Å²) in [6.07, 6.45) is 2.66. The molecule has 0 saturated carbocycles. The highest BCUT2D eigenvalue weighted by Crippen LogP contribution is 2.24. The zero-order chi connectivity index (χ0) is 13.8. The van der Waals surface area contributed by atoms with Crippen LogP contribution in [0.5, 0.6) is 5.75 Å². The minimum absolute atomic E-state index is 0.0761. The maximum absolute atomic E-state index is 12.2. The lowest BCUT2D eigenvalue weighted by Gasteiger charge is -2.32. The number of phenolic OH excluding ortho intramolecular Hbond substituents is 1. The van der Waals surface area contributed by atoms with Crippen LogP contribution in [0, 0.1) is 6.92 Å². The van der Waals surface area contributed by atoms with Crippen molar-refractivity contribution in [2.45, 2.75) is 52.5 Å². The molecule has 0 aliphatic heterocycles. The van der Waals surface area contributed by atoms with E-state index in [-0.39, 0.29) is 17.2 Å². The third-order valence-electron chi connectivity index (χ3n) is 3.89.